The molecule has 0 aromatic heterocycles. The van der Waals surface area contributed by atoms with Gasteiger partial charge in [-0.15, -0.1) is 0 Å². The first kappa shape index (κ1) is 13.2. The summed E-state index contributed by atoms with van der Waals surface area (Å²) in [7, 11) is 5.51. The largest absolute Gasteiger partial charge is 0.352 e. The fourth-order valence-corrected chi connectivity index (χ4v) is 1.46. The maximum Gasteiger partial charge on any atom is 0.352 e. The van der Waals surface area contributed by atoms with E-state index in [1.807, 2.05) is 50.7 Å². The maximum atomic E-state index is 12.0. The quantitative estimate of drug-likeness (QED) is 0.430. The van der Waals surface area contributed by atoms with Gasteiger partial charge in [-0.05, 0) is 37.1 Å². The minimum atomic E-state index is -0.105. The number of carbonyl (C=O) groups is 1. The van der Waals surface area contributed by atoms with Gasteiger partial charge in [0.15, 0.2) is 0 Å². The summed E-state index contributed by atoms with van der Waals surface area (Å²) in [6.45, 7) is 4.03. The van der Waals surface area contributed by atoms with Gasteiger partial charge in [0.1, 0.15) is 0 Å². The molecular formula is C13H20N3O+. The van der Waals surface area contributed by atoms with E-state index in [-0.39, 0.29) is 5.91 Å². The highest BCUT2D eigenvalue weighted by Crippen LogP contribution is 2.09. The van der Waals surface area contributed by atoms with Crippen LogP contribution in [0.1, 0.15) is 21.5 Å². The van der Waals surface area contributed by atoms with E-state index < -0.39 is 0 Å². The molecule has 0 bridgehead atoms. The third-order valence-corrected chi connectivity index (χ3v) is 2.69. The molecule has 0 aliphatic carbocycles. The van der Waals surface area contributed by atoms with Gasteiger partial charge in [0.2, 0.25) is 0 Å². The van der Waals surface area contributed by atoms with Gasteiger partial charge in [0.25, 0.3) is 0 Å². The number of nitrogens with zero attached hydrogens (tertiary/aromatic N) is 1. The van der Waals surface area contributed by atoms with Crippen LogP contribution in [0.25, 0.3) is 0 Å². The Morgan fingerprint density at radius 1 is 1.18 bits per heavy atom. The number of aryl methyl sites for hydroxylation is 2. The van der Waals surface area contributed by atoms with Gasteiger partial charge in [0, 0.05) is 0 Å². The molecule has 0 aliphatic heterocycles. The first-order chi connectivity index (χ1) is 7.95. The summed E-state index contributed by atoms with van der Waals surface area (Å²) in [5.74, 6) is 0.569. The third-order valence-electron chi connectivity index (χ3n) is 2.69. The molecule has 1 rings (SSSR count). The normalized spacial score (nSPS) is 9.71. The summed E-state index contributed by atoms with van der Waals surface area (Å²) in [5.41, 5.74) is 2.98. The molecule has 0 atom stereocenters. The van der Waals surface area contributed by atoms with E-state index in [9.17, 15) is 4.79 Å². The molecule has 0 fully saturated rings. The first-order valence-corrected chi connectivity index (χ1v) is 5.56. The van der Waals surface area contributed by atoms with Crippen molar-refractivity contribution in [3.05, 3.63) is 34.9 Å². The second-order valence-electron chi connectivity index (χ2n) is 4.25. The zero-order valence-electron chi connectivity index (χ0n) is 11.1. The van der Waals surface area contributed by atoms with E-state index in [1.54, 1.807) is 7.05 Å². The zero-order valence-corrected chi connectivity index (χ0v) is 11.1. The average Bonchev–Trinajstić information content (AvgIpc) is 2.28. The third kappa shape index (κ3) is 3.31. The van der Waals surface area contributed by atoms with E-state index in [2.05, 4.69) is 10.6 Å². The number of guanidine groups is 1. The Kier molecular flexibility index (Phi) is 4.26. The molecule has 0 radical (unpaired) electrons. The second kappa shape index (κ2) is 5.48. The molecule has 0 spiro atoms. The van der Waals surface area contributed by atoms with Crippen LogP contribution >= 0.6 is 0 Å². The van der Waals surface area contributed by atoms with Crippen molar-refractivity contribution < 1.29 is 9.37 Å². The SMILES string of the molecule is CNC(NC(=O)c1ccc(C)c(C)c1)=[N+](C)C. The number of carbonyl (C=O) groups excluding carboxylic acids is 1. The summed E-state index contributed by atoms with van der Waals surface area (Å²) in [6, 6.07) is 5.69. The highest BCUT2D eigenvalue weighted by atomic mass is 16.1. The number of nitrogens with one attached hydrogen (secondary N) is 2. The predicted molar refractivity (Wildman–Crippen MR) is 69.6 cm³/mol. The molecule has 2 N–H and O–H groups in total. The van der Waals surface area contributed by atoms with Crippen molar-refractivity contribution in [2.75, 3.05) is 21.1 Å². The molecule has 17 heavy (non-hydrogen) atoms. The maximum absolute atomic E-state index is 12.0. The van der Waals surface area contributed by atoms with Crippen molar-refractivity contribution in [3.8, 4) is 0 Å². The number of hydrogen-bond acceptors (Lipinski definition) is 1. The van der Waals surface area contributed by atoms with Crippen LogP contribution < -0.4 is 10.6 Å². The minimum absolute atomic E-state index is 0.105. The van der Waals surface area contributed by atoms with Crippen LogP contribution in [-0.4, -0.2) is 37.6 Å². The van der Waals surface area contributed by atoms with Gasteiger partial charge in [-0.25, -0.2) is 5.32 Å². The summed E-state index contributed by atoms with van der Waals surface area (Å²) in [6.07, 6.45) is 0. The van der Waals surface area contributed by atoms with E-state index >= 15 is 0 Å². The molecule has 0 unspecified atom stereocenters. The standard InChI is InChI=1S/C13H19N3O/c1-9-6-7-11(8-10(9)2)12(17)15-13(14-3)16(4)5/h6-8H,1-5H3,(H,14,15,17)/p+1. The Morgan fingerprint density at radius 2 is 1.82 bits per heavy atom. The van der Waals surface area contributed by atoms with Crippen LogP contribution in [0.3, 0.4) is 0 Å². The Bertz CT molecular complexity index is 460. The fourth-order valence-electron chi connectivity index (χ4n) is 1.46. The molecule has 0 saturated carbocycles. The molecule has 0 saturated heterocycles. The molecule has 1 aromatic rings. The smallest absolute Gasteiger partial charge is 0.280 e. The first-order valence-electron chi connectivity index (χ1n) is 5.56. The van der Waals surface area contributed by atoms with Crippen molar-refractivity contribution in [2.24, 2.45) is 0 Å². The van der Waals surface area contributed by atoms with Crippen LogP contribution in [0.2, 0.25) is 0 Å². The van der Waals surface area contributed by atoms with Crippen LogP contribution in [0, 0.1) is 13.8 Å². The van der Waals surface area contributed by atoms with E-state index in [1.165, 1.54) is 5.56 Å². The summed E-state index contributed by atoms with van der Waals surface area (Å²) in [5, 5.41) is 5.76. The predicted octanol–water partition coefficient (Wildman–Crippen LogP) is 0.881. The van der Waals surface area contributed by atoms with Gasteiger partial charge in [-0.3, -0.25) is 14.7 Å². The molecule has 4 nitrogen and oxygen atoms in total. The van der Waals surface area contributed by atoms with Crippen molar-refractivity contribution >= 4 is 11.9 Å². The Labute approximate surface area is 102 Å². The number of amides is 1. The van der Waals surface area contributed by atoms with Crippen LogP contribution in [0.15, 0.2) is 18.2 Å². The van der Waals surface area contributed by atoms with Crippen molar-refractivity contribution in [2.45, 2.75) is 13.8 Å². The lowest BCUT2D eigenvalue weighted by Crippen LogP contribution is -2.44. The van der Waals surface area contributed by atoms with Crippen LogP contribution in [-0.2, 0) is 0 Å². The van der Waals surface area contributed by atoms with Gasteiger partial charge in [-0.1, -0.05) is 6.07 Å². The van der Waals surface area contributed by atoms with Crippen molar-refractivity contribution in [1.82, 2.24) is 10.6 Å². The zero-order chi connectivity index (χ0) is 13.0. The lowest BCUT2D eigenvalue weighted by Gasteiger charge is -2.06. The molecule has 1 amide bonds. The highest BCUT2D eigenvalue weighted by Gasteiger charge is 2.14. The van der Waals surface area contributed by atoms with Gasteiger partial charge in [-0.2, -0.15) is 0 Å². The van der Waals surface area contributed by atoms with Gasteiger partial charge < -0.3 is 0 Å². The van der Waals surface area contributed by atoms with Gasteiger partial charge in [0.05, 0.1) is 26.7 Å². The minimum Gasteiger partial charge on any atom is -0.280 e. The number of hydrogen-bond donors (Lipinski definition) is 2. The summed E-state index contributed by atoms with van der Waals surface area (Å²) in [4.78, 5) is 12.0. The number of rotatable bonds is 1. The summed E-state index contributed by atoms with van der Waals surface area (Å²) < 4.78 is 1.82. The topological polar surface area (TPSA) is 44.1 Å². The Morgan fingerprint density at radius 3 is 2.29 bits per heavy atom. The van der Waals surface area contributed by atoms with Crippen LogP contribution in [0.4, 0.5) is 0 Å². The average molecular weight is 234 g/mol. The fraction of sp³-hybridized carbons (Fsp3) is 0.385. The van der Waals surface area contributed by atoms with E-state index in [0.717, 1.165) is 5.56 Å². The lowest BCUT2D eigenvalue weighted by molar-refractivity contribution is -0.468. The monoisotopic (exact) mass is 234 g/mol. The molecule has 4 heteroatoms. The van der Waals surface area contributed by atoms with E-state index in [4.69, 9.17) is 0 Å². The number of benzene rings is 1. The van der Waals surface area contributed by atoms with E-state index in [0.29, 0.717) is 11.5 Å². The molecule has 92 valence electrons. The molecule has 1 aromatic carbocycles. The van der Waals surface area contributed by atoms with Crippen LogP contribution in [0.5, 0.6) is 0 Å². The van der Waals surface area contributed by atoms with Crippen molar-refractivity contribution in [3.63, 3.8) is 0 Å². The molecule has 0 heterocycles. The highest BCUT2D eigenvalue weighted by molar-refractivity contribution is 6.04. The van der Waals surface area contributed by atoms with Gasteiger partial charge >= 0.3 is 11.9 Å². The molecule has 0 aliphatic rings. The molecular weight excluding hydrogens is 214 g/mol. The summed E-state index contributed by atoms with van der Waals surface area (Å²) >= 11 is 0. The lowest BCUT2D eigenvalue weighted by atomic mass is 10.1. The Hall–Kier alpha value is -1.84. The van der Waals surface area contributed by atoms with Crippen molar-refractivity contribution in [1.29, 1.82) is 0 Å². The second-order valence-corrected chi connectivity index (χ2v) is 4.25. The Balaban J connectivity index is 2.91.